The van der Waals surface area contributed by atoms with Crippen LogP contribution in [0.25, 0.3) is 0 Å². The first-order valence-electron chi connectivity index (χ1n) is 2.65. The predicted molar refractivity (Wildman–Crippen MR) is 28.2 cm³/mol. The van der Waals surface area contributed by atoms with E-state index in [4.69, 9.17) is 10.8 Å². The molecule has 3 nitrogen and oxygen atoms in total. The number of aliphatic hydroxyl groups is 1. The first kappa shape index (κ1) is 5.72. The highest BCUT2D eigenvalue weighted by Crippen LogP contribution is 2.12. The fraction of sp³-hybridized carbons (Fsp3) is 0.800. The lowest BCUT2D eigenvalue weighted by Crippen LogP contribution is -2.28. The van der Waals surface area contributed by atoms with Gasteiger partial charge >= 0.3 is 0 Å². The molecule has 2 atom stereocenters. The molecule has 8 heavy (non-hydrogen) atoms. The fourth-order valence-corrected chi connectivity index (χ4v) is 0.867. The van der Waals surface area contributed by atoms with Gasteiger partial charge < -0.3 is 10.8 Å². The normalized spacial score (nSPS) is 38.5. The highest BCUT2D eigenvalue weighted by Gasteiger charge is 2.27. The molecule has 46 valence electrons. The van der Waals surface area contributed by atoms with Crippen molar-refractivity contribution in [2.75, 3.05) is 0 Å². The van der Waals surface area contributed by atoms with E-state index in [1.165, 1.54) is 0 Å². The monoisotopic (exact) mass is 115 g/mol. The van der Waals surface area contributed by atoms with E-state index in [1.807, 2.05) is 0 Å². The zero-order chi connectivity index (χ0) is 6.15. The van der Waals surface area contributed by atoms with Gasteiger partial charge in [0.2, 0.25) is 0 Å². The lowest BCUT2D eigenvalue weighted by Gasteiger charge is -2.03. The molecular weight excluding hydrogens is 106 g/mol. The summed E-state index contributed by atoms with van der Waals surface area (Å²) in [6, 6.07) is -0.303. The molecular formula is C5H9NO2. The third kappa shape index (κ3) is 0.877. The van der Waals surface area contributed by atoms with Gasteiger partial charge in [-0.1, -0.05) is 0 Å². The average Bonchev–Trinajstić information content (AvgIpc) is 1.85. The molecule has 0 aliphatic heterocycles. The van der Waals surface area contributed by atoms with Crippen molar-refractivity contribution in [2.24, 2.45) is 5.73 Å². The summed E-state index contributed by atoms with van der Waals surface area (Å²) in [7, 11) is 0. The zero-order valence-corrected chi connectivity index (χ0v) is 4.50. The molecule has 3 heteroatoms. The Morgan fingerprint density at radius 1 is 1.62 bits per heavy atom. The van der Waals surface area contributed by atoms with E-state index >= 15 is 0 Å². The molecule has 0 aromatic rings. The number of aliphatic hydroxyl groups excluding tert-OH is 1. The molecule has 0 aromatic heterocycles. The molecule has 1 aliphatic rings. The number of carbonyl (C=O) groups excluding carboxylic acids is 1. The van der Waals surface area contributed by atoms with E-state index in [0.29, 0.717) is 6.42 Å². The summed E-state index contributed by atoms with van der Waals surface area (Å²) in [5, 5.41) is 8.82. The van der Waals surface area contributed by atoms with Crippen LogP contribution in [0.4, 0.5) is 0 Å². The van der Waals surface area contributed by atoms with Gasteiger partial charge in [0.15, 0.2) is 0 Å². The highest BCUT2D eigenvalue weighted by molar-refractivity contribution is 5.82. The van der Waals surface area contributed by atoms with Crippen LogP contribution in [0.1, 0.15) is 12.8 Å². The Hall–Kier alpha value is -0.410. The van der Waals surface area contributed by atoms with Crippen molar-refractivity contribution < 1.29 is 9.90 Å². The largest absolute Gasteiger partial charge is 0.391 e. The highest BCUT2D eigenvalue weighted by atomic mass is 16.3. The maximum absolute atomic E-state index is 10.4. The van der Waals surface area contributed by atoms with Gasteiger partial charge in [0.25, 0.3) is 0 Å². The Morgan fingerprint density at radius 2 is 2.25 bits per heavy atom. The van der Waals surface area contributed by atoms with E-state index < -0.39 is 6.10 Å². The zero-order valence-electron chi connectivity index (χ0n) is 4.50. The van der Waals surface area contributed by atoms with Crippen LogP contribution in [0.2, 0.25) is 0 Å². The minimum atomic E-state index is -0.581. The second kappa shape index (κ2) is 1.84. The van der Waals surface area contributed by atoms with Crippen LogP contribution in [0, 0.1) is 0 Å². The Bertz CT molecular complexity index is 101. The van der Waals surface area contributed by atoms with Gasteiger partial charge in [0, 0.05) is 18.9 Å². The topological polar surface area (TPSA) is 63.3 Å². The number of ketones is 1. The van der Waals surface area contributed by atoms with Crippen LogP contribution in [-0.4, -0.2) is 23.0 Å². The van der Waals surface area contributed by atoms with Crippen LogP contribution in [0.15, 0.2) is 0 Å². The molecule has 0 heterocycles. The number of Topliss-reactive ketones (excluding diaryl/α,β-unsaturated/α-hetero) is 1. The molecule has 1 fully saturated rings. The van der Waals surface area contributed by atoms with Gasteiger partial charge in [-0.2, -0.15) is 0 Å². The van der Waals surface area contributed by atoms with Gasteiger partial charge in [0.05, 0.1) is 6.10 Å². The molecule has 2 unspecified atom stereocenters. The first-order valence-corrected chi connectivity index (χ1v) is 2.65. The standard InChI is InChI=1S/C5H9NO2/c6-4-1-3(7)2-5(4)8/h4-5,8H,1-2,6H2. The van der Waals surface area contributed by atoms with E-state index in [1.54, 1.807) is 0 Å². The van der Waals surface area contributed by atoms with Crippen LogP contribution >= 0.6 is 0 Å². The second-order valence-electron chi connectivity index (χ2n) is 2.18. The SMILES string of the molecule is NC1CC(=O)CC1O. The average molecular weight is 115 g/mol. The maximum Gasteiger partial charge on any atom is 0.137 e. The van der Waals surface area contributed by atoms with Crippen molar-refractivity contribution in [2.45, 2.75) is 25.0 Å². The van der Waals surface area contributed by atoms with Gasteiger partial charge in [-0.25, -0.2) is 0 Å². The lowest BCUT2D eigenvalue weighted by molar-refractivity contribution is -0.117. The Labute approximate surface area is 47.5 Å². The van der Waals surface area contributed by atoms with Crippen LogP contribution in [0.3, 0.4) is 0 Å². The van der Waals surface area contributed by atoms with Gasteiger partial charge in [-0.3, -0.25) is 4.79 Å². The van der Waals surface area contributed by atoms with Gasteiger partial charge in [-0.15, -0.1) is 0 Å². The van der Waals surface area contributed by atoms with Gasteiger partial charge in [-0.05, 0) is 0 Å². The quantitative estimate of drug-likeness (QED) is 0.427. The molecule has 0 radical (unpaired) electrons. The molecule has 0 bridgehead atoms. The lowest BCUT2D eigenvalue weighted by atomic mass is 10.2. The third-order valence-electron chi connectivity index (χ3n) is 1.39. The molecule has 1 aliphatic carbocycles. The van der Waals surface area contributed by atoms with Crippen molar-refractivity contribution in [3.8, 4) is 0 Å². The summed E-state index contributed by atoms with van der Waals surface area (Å²) in [5.74, 6) is 0.0741. The maximum atomic E-state index is 10.4. The summed E-state index contributed by atoms with van der Waals surface area (Å²) in [4.78, 5) is 10.4. The molecule has 0 spiro atoms. The van der Waals surface area contributed by atoms with Gasteiger partial charge in [0.1, 0.15) is 5.78 Å². The van der Waals surface area contributed by atoms with Crippen LogP contribution < -0.4 is 5.73 Å². The summed E-state index contributed by atoms with van der Waals surface area (Å²) >= 11 is 0. The number of carbonyl (C=O) groups is 1. The molecule has 3 N–H and O–H groups in total. The first-order chi connectivity index (χ1) is 3.70. The summed E-state index contributed by atoms with van der Waals surface area (Å²) in [6.07, 6.45) is 0.0185. The number of hydrogen-bond acceptors (Lipinski definition) is 3. The van der Waals surface area contributed by atoms with E-state index in [0.717, 1.165) is 0 Å². The van der Waals surface area contributed by atoms with Crippen molar-refractivity contribution in [3.05, 3.63) is 0 Å². The summed E-state index contributed by atoms with van der Waals surface area (Å²) in [5.41, 5.74) is 5.30. The number of rotatable bonds is 0. The van der Waals surface area contributed by atoms with Crippen molar-refractivity contribution in [3.63, 3.8) is 0 Å². The molecule has 0 aromatic carbocycles. The number of hydrogen-bond donors (Lipinski definition) is 2. The Kier molecular flexibility index (Phi) is 1.31. The summed E-state index contributed by atoms with van der Waals surface area (Å²) in [6.45, 7) is 0. The van der Waals surface area contributed by atoms with E-state index in [2.05, 4.69) is 0 Å². The Balaban J connectivity index is 2.51. The predicted octanol–water partition coefficient (Wildman–Crippen LogP) is -0.963. The second-order valence-corrected chi connectivity index (χ2v) is 2.18. The molecule has 0 saturated heterocycles. The smallest absolute Gasteiger partial charge is 0.137 e. The van der Waals surface area contributed by atoms with Crippen LogP contribution in [0.5, 0.6) is 0 Å². The summed E-state index contributed by atoms with van der Waals surface area (Å²) < 4.78 is 0. The minimum absolute atomic E-state index is 0.0741. The molecule has 1 rings (SSSR count). The van der Waals surface area contributed by atoms with Crippen molar-refractivity contribution in [1.82, 2.24) is 0 Å². The third-order valence-corrected chi connectivity index (χ3v) is 1.39. The van der Waals surface area contributed by atoms with Crippen molar-refractivity contribution >= 4 is 5.78 Å². The minimum Gasteiger partial charge on any atom is -0.391 e. The Morgan fingerprint density at radius 3 is 2.38 bits per heavy atom. The fourth-order valence-electron chi connectivity index (χ4n) is 0.867. The van der Waals surface area contributed by atoms with Crippen molar-refractivity contribution in [1.29, 1.82) is 0 Å². The van der Waals surface area contributed by atoms with E-state index in [9.17, 15) is 4.79 Å². The van der Waals surface area contributed by atoms with E-state index in [-0.39, 0.29) is 18.2 Å². The molecule has 1 saturated carbocycles. The number of nitrogens with two attached hydrogens (primary N) is 1. The molecule has 0 amide bonds. The van der Waals surface area contributed by atoms with Crippen LogP contribution in [-0.2, 0) is 4.79 Å².